The van der Waals surface area contributed by atoms with Crippen LogP contribution >= 0.6 is 11.3 Å². The second kappa shape index (κ2) is 8.19. The quantitative estimate of drug-likeness (QED) is 0.478. The van der Waals surface area contributed by atoms with E-state index in [-0.39, 0.29) is 5.91 Å². The predicted molar refractivity (Wildman–Crippen MR) is 115 cm³/mol. The van der Waals surface area contributed by atoms with E-state index in [4.69, 9.17) is 0 Å². The Bertz CT molecular complexity index is 1070. The highest BCUT2D eigenvalue weighted by molar-refractivity contribution is 7.08. The van der Waals surface area contributed by atoms with E-state index in [1.807, 2.05) is 47.8 Å². The summed E-state index contributed by atoms with van der Waals surface area (Å²) in [6.07, 6.45) is 1.78. The monoisotopic (exact) mass is 384 g/mol. The van der Waals surface area contributed by atoms with Crippen molar-refractivity contribution in [3.8, 4) is 22.4 Å². The molecule has 0 unspecified atom stereocenters. The Kier molecular flexibility index (Phi) is 5.31. The van der Waals surface area contributed by atoms with Crippen LogP contribution in [0, 0.1) is 6.92 Å². The van der Waals surface area contributed by atoms with Gasteiger partial charge in [0.25, 0.3) is 5.91 Å². The van der Waals surface area contributed by atoms with Crippen LogP contribution in [0.15, 0.2) is 83.7 Å². The Balaban J connectivity index is 1.41. The number of aromatic nitrogens is 1. The van der Waals surface area contributed by atoms with Crippen molar-refractivity contribution in [2.45, 2.75) is 13.5 Å². The number of aryl methyl sites for hydroxylation is 1. The molecular weight excluding hydrogens is 364 g/mol. The number of nitrogens with one attached hydrogen (secondary N) is 1. The van der Waals surface area contributed by atoms with Crippen LogP contribution in [-0.4, -0.2) is 10.9 Å². The third-order valence-corrected chi connectivity index (χ3v) is 5.31. The summed E-state index contributed by atoms with van der Waals surface area (Å²) in [5, 5.41) is 7.09. The number of rotatable bonds is 5. The molecule has 0 bridgehead atoms. The van der Waals surface area contributed by atoms with E-state index in [1.54, 1.807) is 17.5 Å². The minimum absolute atomic E-state index is 0.0793. The van der Waals surface area contributed by atoms with Crippen molar-refractivity contribution in [2.75, 3.05) is 0 Å². The fourth-order valence-corrected chi connectivity index (χ4v) is 3.65. The summed E-state index contributed by atoms with van der Waals surface area (Å²) < 4.78 is 0. The van der Waals surface area contributed by atoms with Crippen molar-refractivity contribution < 1.29 is 4.79 Å². The fourth-order valence-electron chi connectivity index (χ4n) is 3.00. The molecule has 0 atom stereocenters. The Hall–Kier alpha value is -3.24. The molecule has 2 aromatic carbocycles. The van der Waals surface area contributed by atoms with Gasteiger partial charge in [-0.1, -0.05) is 42.0 Å². The van der Waals surface area contributed by atoms with Gasteiger partial charge in [0, 0.05) is 29.2 Å². The van der Waals surface area contributed by atoms with Crippen LogP contribution in [0.3, 0.4) is 0 Å². The van der Waals surface area contributed by atoms with E-state index in [9.17, 15) is 4.79 Å². The van der Waals surface area contributed by atoms with Crippen molar-refractivity contribution in [3.05, 3.63) is 100 Å². The largest absolute Gasteiger partial charge is 0.348 e. The van der Waals surface area contributed by atoms with Crippen LogP contribution in [0.1, 0.15) is 21.5 Å². The van der Waals surface area contributed by atoms with Gasteiger partial charge in [0.1, 0.15) is 0 Å². The maximum Gasteiger partial charge on any atom is 0.251 e. The van der Waals surface area contributed by atoms with Gasteiger partial charge in [-0.05, 0) is 59.3 Å². The third kappa shape index (κ3) is 4.18. The summed E-state index contributed by atoms with van der Waals surface area (Å²) in [4.78, 5) is 16.9. The van der Waals surface area contributed by atoms with Gasteiger partial charge in [0.05, 0.1) is 5.69 Å². The molecule has 2 heterocycles. The molecule has 0 spiro atoms. The molecule has 1 amide bonds. The molecule has 0 radical (unpaired) electrons. The SMILES string of the molecule is Cc1ccc(-c2ccc(C(=O)NCc3ccnc(-c4ccsc4)c3)cc2)cc1. The molecule has 28 heavy (non-hydrogen) atoms. The van der Waals surface area contributed by atoms with Gasteiger partial charge in [0.15, 0.2) is 0 Å². The molecule has 4 aromatic rings. The van der Waals surface area contributed by atoms with Crippen LogP contribution in [0.4, 0.5) is 0 Å². The van der Waals surface area contributed by atoms with Crippen LogP contribution in [0.25, 0.3) is 22.4 Å². The summed E-state index contributed by atoms with van der Waals surface area (Å²) in [6, 6.07) is 22.1. The number of carbonyl (C=O) groups is 1. The van der Waals surface area contributed by atoms with Crippen molar-refractivity contribution in [2.24, 2.45) is 0 Å². The van der Waals surface area contributed by atoms with Crippen molar-refractivity contribution in [3.63, 3.8) is 0 Å². The van der Waals surface area contributed by atoms with Crippen molar-refractivity contribution >= 4 is 17.2 Å². The lowest BCUT2D eigenvalue weighted by Crippen LogP contribution is -2.22. The summed E-state index contributed by atoms with van der Waals surface area (Å²) in [5.41, 5.74) is 7.20. The molecular formula is C24H20N2OS. The molecule has 2 aromatic heterocycles. The number of thiophene rings is 1. The van der Waals surface area contributed by atoms with Gasteiger partial charge in [-0.2, -0.15) is 11.3 Å². The van der Waals surface area contributed by atoms with Crippen LogP contribution in [0.5, 0.6) is 0 Å². The zero-order chi connectivity index (χ0) is 19.3. The van der Waals surface area contributed by atoms with Crippen LogP contribution in [0.2, 0.25) is 0 Å². The first-order chi connectivity index (χ1) is 13.7. The maximum absolute atomic E-state index is 12.5. The van der Waals surface area contributed by atoms with E-state index >= 15 is 0 Å². The number of hydrogen-bond acceptors (Lipinski definition) is 3. The van der Waals surface area contributed by atoms with Gasteiger partial charge in [0.2, 0.25) is 0 Å². The normalized spacial score (nSPS) is 10.6. The van der Waals surface area contributed by atoms with Gasteiger partial charge in [-0.15, -0.1) is 0 Å². The number of benzene rings is 2. The predicted octanol–water partition coefficient (Wildman–Crippen LogP) is 5.72. The first-order valence-electron chi connectivity index (χ1n) is 9.12. The standard InChI is InChI=1S/C24H20N2OS/c1-17-2-4-19(5-3-17)20-6-8-21(9-7-20)24(27)26-15-18-10-12-25-23(14-18)22-11-13-28-16-22/h2-14,16H,15H2,1H3,(H,26,27). The number of hydrogen-bond donors (Lipinski definition) is 1. The van der Waals surface area contributed by atoms with Crippen LogP contribution < -0.4 is 5.32 Å². The zero-order valence-corrected chi connectivity index (χ0v) is 16.4. The van der Waals surface area contributed by atoms with Gasteiger partial charge < -0.3 is 5.32 Å². The summed E-state index contributed by atoms with van der Waals surface area (Å²) in [7, 11) is 0. The van der Waals surface area contributed by atoms with Gasteiger partial charge >= 0.3 is 0 Å². The average Bonchev–Trinajstić information content (AvgIpc) is 3.28. The lowest BCUT2D eigenvalue weighted by atomic mass is 10.0. The molecule has 0 aliphatic rings. The Labute approximate surface area is 168 Å². The molecule has 0 saturated carbocycles. The number of amides is 1. The molecule has 0 aliphatic carbocycles. The highest BCUT2D eigenvalue weighted by Crippen LogP contribution is 2.21. The highest BCUT2D eigenvalue weighted by atomic mass is 32.1. The van der Waals surface area contributed by atoms with Crippen molar-refractivity contribution in [1.82, 2.24) is 10.3 Å². The topological polar surface area (TPSA) is 42.0 Å². The Morgan fingerprint density at radius 2 is 1.64 bits per heavy atom. The second-order valence-electron chi connectivity index (χ2n) is 6.69. The minimum atomic E-state index is -0.0793. The van der Waals surface area contributed by atoms with E-state index in [0.717, 1.165) is 27.9 Å². The molecule has 3 nitrogen and oxygen atoms in total. The van der Waals surface area contributed by atoms with E-state index in [2.05, 4.69) is 46.9 Å². The first kappa shape index (κ1) is 18.1. The molecule has 0 fully saturated rings. The third-order valence-electron chi connectivity index (χ3n) is 4.63. The molecule has 4 rings (SSSR count). The Morgan fingerprint density at radius 1 is 0.929 bits per heavy atom. The van der Waals surface area contributed by atoms with Crippen molar-refractivity contribution in [1.29, 1.82) is 0 Å². The maximum atomic E-state index is 12.5. The number of pyridine rings is 1. The lowest BCUT2D eigenvalue weighted by Gasteiger charge is -2.08. The lowest BCUT2D eigenvalue weighted by molar-refractivity contribution is 0.0951. The Morgan fingerprint density at radius 3 is 2.32 bits per heavy atom. The molecule has 0 aliphatic heterocycles. The van der Waals surface area contributed by atoms with Crippen LogP contribution in [-0.2, 0) is 6.54 Å². The highest BCUT2D eigenvalue weighted by Gasteiger charge is 2.07. The summed E-state index contributed by atoms with van der Waals surface area (Å²) in [5.74, 6) is -0.0793. The molecule has 1 N–H and O–H groups in total. The average molecular weight is 385 g/mol. The summed E-state index contributed by atoms with van der Waals surface area (Å²) in [6.45, 7) is 2.54. The zero-order valence-electron chi connectivity index (χ0n) is 15.6. The molecule has 0 saturated heterocycles. The second-order valence-corrected chi connectivity index (χ2v) is 7.47. The van der Waals surface area contributed by atoms with E-state index < -0.39 is 0 Å². The minimum Gasteiger partial charge on any atom is -0.348 e. The van der Waals surface area contributed by atoms with Gasteiger partial charge in [-0.25, -0.2) is 0 Å². The fraction of sp³-hybridized carbons (Fsp3) is 0.0833. The molecule has 138 valence electrons. The van der Waals surface area contributed by atoms with Gasteiger partial charge in [-0.3, -0.25) is 9.78 Å². The number of carbonyl (C=O) groups excluding carboxylic acids is 1. The molecule has 4 heteroatoms. The smallest absolute Gasteiger partial charge is 0.251 e. The summed E-state index contributed by atoms with van der Waals surface area (Å²) >= 11 is 1.65. The first-order valence-corrected chi connectivity index (χ1v) is 10.1. The number of nitrogens with zero attached hydrogens (tertiary/aromatic N) is 1. The van der Waals surface area contributed by atoms with E-state index in [1.165, 1.54) is 5.56 Å². The van der Waals surface area contributed by atoms with E-state index in [0.29, 0.717) is 12.1 Å².